The molecule has 0 aliphatic carbocycles. The third-order valence-corrected chi connectivity index (χ3v) is 3.56. The largest absolute Gasteiger partial charge is 0.356 e. The monoisotopic (exact) mass is 399 g/mol. The van der Waals surface area contributed by atoms with E-state index in [4.69, 9.17) is 4.52 Å². The summed E-state index contributed by atoms with van der Waals surface area (Å²) in [6.07, 6.45) is 0.822. The normalized spacial score (nSPS) is 10.9. The molecule has 6 heteroatoms. The number of rotatable bonds is 6. The minimum atomic E-state index is 0.0118. The van der Waals surface area contributed by atoms with Crippen LogP contribution in [0.5, 0.6) is 0 Å². The van der Waals surface area contributed by atoms with Gasteiger partial charge in [0.1, 0.15) is 0 Å². The maximum atomic E-state index is 11.6. The summed E-state index contributed by atoms with van der Waals surface area (Å²) in [6, 6.07) is 7.88. The summed E-state index contributed by atoms with van der Waals surface area (Å²) in [5.74, 6) is 1.51. The molecule has 2 aromatic rings. The van der Waals surface area contributed by atoms with Crippen molar-refractivity contribution in [3.63, 3.8) is 0 Å². The second-order valence-corrected chi connectivity index (χ2v) is 6.46. The van der Waals surface area contributed by atoms with Crippen molar-refractivity contribution in [2.75, 3.05) is 6.54 Å². The molecule has 0 unspecified atom stereocenters. The summed E-state index contributed by atoms with van der Waals surface area (Å²) in [6.45, 7) is 4.81. The molecule has 0 bridgehead atoms. The number of nitrogens with one attached hydrogen (secondary N) is 1. The first kappa shape index (κ1) is 15.9. The number of hydrogen-bond acceptors (Lipinski definition) is 4. The molecule has 0 spiro atoms. The molecule has 1 aromatic heterocycles. The predicted molar refractivity (Wildman–Crippen MR) is 88.6 cm³/mol. The second-order valence-electron chi connectivity index (χ2n) is 5.22. The lowest BCUT2D eigenvalue weighted by Gasteiger charge is -2.06. The van der Waals surface area contributed by atoms with Gasteiger partial charge in [-0.1, -0.05) is 31.1 Å². The zero-order valence-electron chi connectivity index (χ0n) is 12.1. The number of amides is 1. The van der Waals surface area contributed by atoms with Crippen LogP contribution in [0.2, 0.25) is 0 Å². The Balaban J connectivity index is 1.88. The SMILES string of the molecule is CC(C)CNC(=O)CCc1nc(-c2ccc(I)cc2)no1. The number of carbonyl (C=O) groups is 1. The lowest BCUT2D eigenvalue weighted by molar-refractivity contribution is -0.121. The van der Waals surface area contributed by atoms with E-state index in [1.807, 2.05) is 24.3 Å². The summed E-state index contributed by atoms with van der Waals surface area (Å²) < 4.78 is 6.34. The molecule has 0 fully saturated rings. The van der Waals surface area contributed by atoms with Crippen LogP contribution in [0.15, 0.2) is 28.8 Å². The number of halogens is 1. The lowest BCUT2D eigenvalue weighted by Crippen LogP contribution is -2.27. The van der Waals surface area contributed by atoms with Crippen LogP contribution < -0.4 is 5.32 Å². The van der Waals surface area contributed by atoms with Crippen LogP contribution in [0.25, 0.3) is 11.4 Å². The van der Waals surface area contributed by atoms with E-state index in [2.05, 4.69) is 51.9 Å². The Morgan fingerprint density at radius 3 is 2.71 bits per heavy atom. The molecule has 0 aliphatic rings. The van der Waals surface area contributed by atoms with Gasteiger partial charge >= 0.3 is 0 Å². The van der Waals surface area contributed by atoms with E-state index >= 15 is 0 Å². The maximum Gasteiger partial charge on any atom is 0.227 e. The highest BCUT2D eigenvalue weighted by Crippen LogP contribution is 2.17. The zero-order chi connectivity index (χ0) is 15.2. The molecule has 1 amide bonds. The minimum absolute atomic E-state index is 0.0118. The number of nitrogens with zero attached hydrogens (tertiary/aromatic N) is 2. The van der Waals surface area contributed by atoms with Gasteiger partial charge in [-0.2, -0.15) is 4.98 Å². The van der Waals surface area contributed by atoms with E-state index in [1.165, 1.54) is 0 Å². The standard InChI is InChI=1S/C15H18IN3O2/c1-10(2)9-17-13(20)7-8-14-18-15(19-21-14)11-3-5-12(16)6-4-11/h3-6,10H,7-9H2,1-2H3,(H,17,20). The van der Waals surface area contributed by atoms with Crippen LogP contribution in [-0.2, 0) is 11.2 Å². The molecule has 5 nitrogen and oxygen atoms in total. The Morgan fingerprint density at radius 2 is 2.05 bits per heavy atom. The highest BCUT2D eigenvalue weighted by molar-refractivity contribution is 14.1. The molecular weight excluding hydrogens is 381 g/mol. The molecule has 0 aliphatic heterocycles. The van der Waals surface area contributed by atoms with Crippen LogP contribution in [0.3, 0.4) is 0 Å². The van der Waals surface area contributed by atoms with Crippen LogP contribution >= 0.6 is 22.6 Å². The molecule has 0 atom stereocenters. The van der Waals surface area contributed by atoms with E-state index in [9.17, 15) is 4.79 Å². The molecule has 0 saturated carbocycles. The summed E-state index contributed by atoms with van der Waals surface area (Å²) in [4.78, 5) is 16.0. The number of benzene rings is 1. The first-order valence-corrected chi connectivity index (χ1v) is 7.97. The van der Waals surface area contributed by atoms with Crippen molar-refractivity contribution in [1.29, 1.82) is 0 Å². The predicted octanol–water partition coefficient (Wildman–Crippen LogP) is 3.05. The van der Waals surface area contributed by atoms with Gasteiger partial charge in [0, 0.05) is 28.5 Å². The van der Waals surface area contributed by atoms with Gasteiger partial charge in [0.25, 0.3) is 0 Å². The third kappa shape index (κ3) is 5.11. The van der Waals surface area contributed by atoms with Gasteiger partial charge in [0.05, 0.1) is 0 Å². The van der Waals surface area contributed by atoms with Crippen LogP contribution in [0, 0.1) is 9.49 Å². The number of hydrogen-bond donors (Lipinski definition) is 1. The average Bonchev–Trinajstić information content (AvgIpc) is 2.92. The lowest BCUT2D eigenvalue weighted by atomic mass is 10.2. The Kier molecular flexibility index (Phi) is 5.72. The first-order valence-electron chi connectivity index (χ1n) is 6.90. The minimum Gasteiger partial charge on any atom is -0.356 e. The summed E-state index contributed by atoms with van der Waals surface area (Å²) in [5.41, 5.74) is 0.912. The first-order chi connectivity index (χ1) is 10.0. The molecule has 1 heterocycles. The van der Waals surface area contributed by atoms with Crippen molar-refractivity contribution in [2.45, 2.75) is 26.7 Å². The second kappa shape index (κ2) is 7.53. The van der Waals surface area contributed by atoms with E-state index in [0.29, 0.717) is 37.0 Å². The Bertz CT molecular complexity index is 593. The average molecular weight is 399 g/mol. The highest BCUT2D eigenvalue weighted by Gasteiger charge is 2.10. The number of carbonyl (C=O) groups excluding carboxylic acids is 1. The molecular formula is C15H18IN3O2. The van der Waals surface area contributed by atoms with Gasteiger partial charge in [-0.25, -0.2) is 0 Å². The molecule has 0 radical (unpaired) electrons. The van der Waals surface area contributed by atoms with Gasteiger partial charge in [0.2, 0.25) is 17.6 Å². The van der Waals surface area contributed by atoms with E-state index < -0.39 is 0 Å². The fourth-order valence-electron chi connectivity index (χ4n) is 1.70. The molecule has 0 saturated heterocycles. The Labute approximate surface area is 137 Å². The quantitative estimate of drug-likeness (QED) is 0.759. The summed E-state index contributed by atoms with van der Waals surface area (Å²) >= 11 is 2.25. The van der Waals surface area contributed by atoms with Gasteiger partial charge in [-0.05, 0) is 40.6 Å². The highest BCUT2D eigenvalue weighted by atomic mass is 127. The maximum absolute atomic E-state index is 11.6. The van der Waals surface area contributed by atoms with Gasteiger partial charge in [-0.15, -0.1) is 0 Å². The fraction of sp³-hybridized carbons (Fsp3) is 0.400. The van der Waals surface area contributed by atoms with Crippen molar-refractivity contribution < 1.29 is 9.32 Å². The van der Waals surface area contributed by atoms with Crippen molar-refractivity contribution in [2.24, 2.45) is 5.92 Å². The molecule has 112 valence electrons. The van der Waals surface area contributed by atoms with Crippen LogP contribution in [0.1, 0.15) is 26.2 Å². The van der Waals surface area contributed by atoms with Gasteiger partial charge in [0.15, 0.2) is 0 Å². The van der Waals surface area contributed by atoms with E-state index in [-0.39, 0.29) is 5.91 Å². The molecule has 21 heavy (non-hydrogen) atoms. The smallest absolute Gasteiger partial charge is 0.227 e. The van der Waals surface area contributed by atoms with Gasteiger partial charge < -0.3 is 9.84 Å². The molecule has 2 rings (SSSR count). The van der Waals surface area contributed by atoms with E-state index in [1.54, 1.807) is 0 Å². The zero-order valence-corrected chi connectivity index (χ0v) is 14.3. The third-order valence-electron chi connectivity index (χ3n) is 2.84. The Morgan fingerprint density at radius 1 is 1.33 bits per heavy atom. The van der Waals surface area contributed by atoms with E-state index in [0.717, 1.165) is 9.13 Å². The summed E-state index contributed by atoms with van der Waals surface area (Å²) in [7, 11) is 0. The topological polar surface area (TPSA) is 68.0 Å². The van der Waals surface area contributed by atoms with Gasteiger partial charge in [-0.3, -0.25) is 4.79 Å². The summed E-state index contributed by atoms with van der Waals surface area (Å²) in [5, 5.41) is 6.82. The number of aryl methyl sites for hydroxylation is 1. The van der Waals surface area contributed by atoms with Crippen molar-refractivity contribution in [1.82, 2.24) is 15.5 Å². The fourth-order valence-corrected chi connectivity index (χ4v) is 2.06. The van der Waals surface area contributed by atoms with Crippen molar-refractivity contribution in [3.8, 4) is 11.4 Å². The Hall–Kier alpha value is -1.44. The molecule has 1 aromatic carbocycles. The van der Waals surface area contributed by atoms with Crippen molar-refractivity contribution >= 4 is 28.5 Å². The van der Waals surface area contributed by atoms with Crippen molar-refractivity contribution in [3.05, 3.63) is 33.7 Å². The number of aromatic nitrogens is 2. The van der Waals surface area contributed by atoms with Crippen LogP contribution in [0.4, 0.5) is 0 Å². The van der Waals surface area contributed by atoms with Crippen LogP contribution in [-0.4, -0.2) is 22.6 Å². The molecule has 1 N–H and O–H groups in total.